The van der Waals surface area contributed by atoms with Crippen LogP contribution in [0.3, 0.4) is 0 Å². The number of rotatable bonds is 6. The van der Waals surface area contributed by atoms with Crippen molar-refractivity contribution in [2.24, 2.45) is 0 Å². The molecule has 0 spiro atoms. The van der Waals surface area contributed by atoms with Gasteiger partial charge in [0.25, 0.3) is 0 Å². The summed E-state index contributed by atoms with van der Waals surface area (Å²) in [5.41, 5.74) is 0.620. The molecule has 0 aliphatic heterocycles. The number of hydrogen-bond donors (Lipinski definition) is 1. The average Bonchev–Trinajstić information content (AvgIpc) is 3.09. The minimum Gasteiger partial charge on any atom is -0.338 e. The van der Waals surface area contributed by atoms with Crippen LogP contribution in [0.4, 0.5) is 0 Å². The van der Waals surface area contributed by atoms with Gasteiger partial charge < -0.3 is 4.52 Å². The fraction of sp³-hybridized carbons (Fsp3) is 0.125. The molecule has 1 heterocycles. The summed E-state index contributed by atoms with van der Waals surface area (Å²) in [6.45, 7) is -0.107. The van der Waals surface area contributed by atoms with Crippen LogP contribution < -0.4 is 4.72 Å². The number of nitrogens with one attached hydrogen (secondary N) is 1. The Bertz CT molecular complexity index is 972. The highest BCUT2D eigenvalue weighted by molar-refractivity contribution is 7.98. The molecule has 0 saturated carbocycles. The summed E-state index contributed by atoms with van der Waals surface area (Å²) in [6, 6.07) is 13.7. The van der Waals surface area contributed by atoms with E-state index in [2.05, 4.69) is 14.9 Å². The Kier molecular flexibility index (Phi) is 5.43. The zero-order valence-electron chi connectivity index (χ0n) is 13.1. The first-order chi connectivity index (χ1) is 12.0. The van der Waals surface area contributed by atoms with Gasteiger partial charge in [0.2, 0.25) is 21.7 Å². The number of hydrogen-bond acceptors (Lipinski definition) is 6. The van der Waals surface area contributed by atoms with Gasteiger partial charge in [-0.2, -0.15) is 4.98 Å². The van der Waals surface area contributed by atoms with Gasteiger partial charge in [0.1, 0.15) is 0 Å². The third-order valence-corrected chi connectivity index (χ3v) is 5.86. The molecule has 9 heteroatoms. The van der Waals surface area contributed by atoms with Crippen molar-refractivity contribution in [1.29, 1.82) is 0 Å². The molecule has 0 aliphatic rings. The van der Waals surface area contributed by atoms with Crippen LogP contribution in [-0.4, -0.2) is 24.8 Å². The number of sulfonamides is 1. The van der Waals surface area contributed by atoms with E-state index in [4.69, 9.17) is 16.1 Å². The Balaban J connectivity index is 1.72. The lowest BCUT2D eigenvalue weighted by Gasteiger charge is -2.05. The number of aromatic nitrogens is 2. The van der Waals surface area contributed by atoms with Crippen LogP contribution in [-0.2, 0) is 16.6 Å². The molecule has 0 radical (unpaired) electrons. The molecule has 0 unspecified atom stereocenters. The molecule has 6 nitrogen and oxygen atoms in total. The maximum Gasteiger partial charge on any atom is 0.242 e. The minimum atomic E-state index is -3.66. The lowest BCUT2D eigenvalue weighted by molar-refractivity contribution is 0.376. The zero-order valence-corrected chi connectivity index (χ0v) is 15.5. The predicted octanol–water partition coefficient (Wildman–Crippen LogP) is 3.59. The van der Waals surface area contributed by atoms with Gasteiger partial charge in [-0.25, -0.2) is 13.1 Å². The Labute approximate surface area is 154 Å². The highest BCUT2D eigenvalue weighted by Crippen LogP contribution is 2.25. The molecular formula is C16H14ClN3O3S2. The molecule has 3 rings (SSSR count). The maximum absolute atomic E-state index is 12.3. The highest BCUT2D eigenvalue weighted by Gasteiger charge is 2.17. The van der Waals surface area contributed by atoms with Crippen LogP contribution in [0.5, 0.6) is 0 Å². The molecule has 0 fully saturated rings. The van der Waals surface area contributed by atoms with Crippen molar-refractivity contribution in [3.8, 4) is 11.4 Å². The fourth-order valence-electron chi connectivity index (χ4n) is 2.07. The first-order valence-corrected chi connectivity index (χ1v) is 10.3. The SMILES string of the molecule is CSc1ccc(S(=O)(=O)NCc2nc(-c3ccccc3Cl)no2)cc1. The van der Waals surface area contributed by atoms with Crippen molar-refractivity contribution >= 4 is 33.4 Å². The van der Waals surface area contributed by atoms with E-state index in [0.717, 1.165) is 4.90 Å². The first kappa shape index (κ1) is 17.9. The summed E-state index contributed by atoms with van der Waals surface area (Å²) in [5.74, 6) is 0.461. The Morgan fingerprint density at radius 2 is 1.88 bits per heavy atom. The van der Waals surface area contributed by atoms with Crippen molar-refractivity contribution < 1.29 is 12.9 Å². The molecule has 130 valence electrons. The summed E-state index contributed by atoms with van der Waals surface area (Å²) in [6.07, 6.45) is 1.92. The lowest BCUT2D eigenvalue weighted by Crippen LogP contribution is -2.23. The molecule has 25 heavy (non-hydrogen) atoms. The molecule has 3 aromatic rings. The second kappa shape index (κ2) is 7.57. The van der Waals surface area contributed by atoms with Crippen molar-refractivity contribution in [3.05, 3.63) is 59.4 Å². The van der Waals surface area contributed by atoms with Gasteiger partial charge in [-0.15, -0.1) is 11.8 Å². The minimum absolute atomic E-state index is 0.107. The van der Waals surface area contributed by atoms with E-state index in [1.54, 1.807) is 60.3 Å². The van der Waals surface area contributed by atoms with E-state index in [1.165, 1.54) is 0 Å². The van der Waals surface area contributed by atoms with Gasteiger partial charge >= 0.3 is 0 Å². The van der Waals surface area contributed by atoms with Crippen molar-refractivity contribution in [2.45, 2.75) is 16.3 Å². The molecule has 0 atom stereocenters. The van der Waals surface area contributed by atoms with Crippen LogP contribution in [0.1, 0.15) is 5.89 Å². The zero-order chi connectivity index (χ0) is 17.9. The fourth-order valence-corrected chi connectivity index (χ4v) is 3.68. The van der Waals surface area contributed by atoms with Gasteiger partial charge in [0, 0.05) is 10.5 Å². The van der Waals surface area contributed by atoms with Gasteiger partial charge in [-0.3, -0.25) is 0 Å². The van der Waals surface area contributed by atoms with Crippen LogP contribution in [0.25, 0.3) is 11.4 Å². The van der Waals surface area contributed by atoms with E-state index in [1.807, 2.05) is 6.26 Å². The predicted molar refractivity (Wildman–Crippen MR) is 97.0 cm³/mol. The van der Waals surface area contributed by atoms with Crippen LogP contribution in [0.2, 0.25) is 5.02 Å². The number of benzene rings is 2. The topological polar surface area (TPSA) is 85.1 Å². The number of halogens is 1. The normalized spacial score (nSPS) is 11.6. The van der Waals surface area contributed by atoms with Crippen molar-refractivity contribution in [2.75, 3.05) is 6.26 Å². The second-order valence-electron chi connectivity index (χ2n) is 4.99. The second-order valence-corrected chi connectivity index (χ2v) is 8.05. The van der Waals surface area contributed by atoms with Crippen LogP contribution in [0, 0.1) is 0 Å². The van der Waals surface area contributed by atoms with Crippen molar-refractivity contribution in [1.82, 2.24) is 14.9 Å². The molecule has 0 bridgehead atoms. The van der Waals surface area contributed by atoms with Gasteiger partial charge in [-0.05, 0) is 42.7 Å². The Morgan fingerprint density at radius 3 is 2.56 bits per heavy atom. The van der Waals surface area contributed by atoms with E-state index in [9.17, 15) is 8.42 Å². The third kappa shape index (κ3) is 4.21. The average molecular weight is 396 g/mol. The Hall–Kier alpha value is -1.87. The molecule has 2 aromatic carbocycles. The summed E-state index contributed by atoms with van der Waals surface area (Å²) in [4.78, 5) is 5.34. The molecule has 0 aliphatic carbocycles. The Morgan fingerprint density at radius 1 is 1.16 bits per heavy atom. The largest absolute Gasteiger partial charge is 0.338 e. The maximum atomic E-state index is 12.3. The monoisotopic (exact) mass is 395 g/mol. The molecule has 0 saturated heterocycles. The molecule has 1 aromatic heterocycles. The summed E-state index contributed by atoms with van der Waals surface area (Å²) < 4.78 is 32.2. The number of nitrogens with zero attached hydrogens (tertiary/aromatic N) is 2. The lowest BCUT2D eigenvalue weighted by atomic mass is 10.2. The van der Waals surface area contributed by atoms with Gasteiger partial charge in [0.15, 0.2) is 0 Å². The van der Waals surface area contributed by atoms with Gasteiger partial charge in [0.05, 0.1) is 16.5 Å². The van der Waals surface area contributed by atoms with E-state index < -0.39 is 10.0 Å². The molecular weight excluding hydrogens is 382 g/mol. The standard InChI is InChI=1S/C16H14ClN3O3S2/c1-24-11-6-8-12(9-7-11)25(21,22)18-10-15-19-16(20-23-15)13-4-2-3-5-14(13)17/h2-9,18H,10H2,1H3. The molecule has 0 amide bonds. The number of thioether (sulfide) groups is 1. The van der Waals surface area contributed by atoms with Crippen molar-refractivity contribution in [3.63, 3.8) is 0 Å². The smallest absolute Gasteiger partial charge is 0.242 e. The quantitative estimate of drug-likeness (QED) is 0.642. The first-order valence-electron chi connectivity index (χ1n) is 7.21. The molecule has 1 N–H and O–H groups in total. The van der Waals surface area contributed by atoms with Crippen LogP contribution >= 0.6 is 23.4 Å². The van der Waals surface area contributed by atoms with E-state index in [-0.39, 0.29) is 17.3 Å². The van der Waals surface area contributed by atoms with E-state index >= 15 is 0 Å². The highest BCUT2D eigenvalue weighted by atomic mass is 35.5. The summed E-state index contributed by atoms with van der Waals surface area (Å²) in [5, 5.41) is 4.33. The summed E-state index contributed by atoms with van der Waals surface area (Å²) >= 11 is 7.63. The summed E-state index contributed by atoms with van der Waals surface area (Å²) in [7, 11) is -3.66. The van der Waals surface area contributed by atoms with Gasteiger partial charge in [-0.1, -0.05) is 28.9 Å². The van der Waals surface area contributed by atoms with Crippen LogP contribution in [0.15, 0.2) is 62.8 Å². The third-order valence-electron chi connectivity index (χ3n) is 3.37. The van der Waals surface area contributed by atoms with E-state index in [0.29, 0.717) is 16.4 Å².